The monoisotopic (exact) mass is 531 g/mol. The number of aliphatic hydroxyl groups is 1. The van der Waals surface area contributed by atoms with Crippen molar-refractivity contribution < 1.29 is 24.2 Å². The van der Waals surface area contributed by atoms with Gasteiger partial charge in [-0.1, -0.05) is 57.4 Å². The van der Waals surface area contributed by atoms with Crippen molar-refractivity contribution in [3.63, 3.8) is 0 Å². The summed E-state index contributed by atoms with van der Waals surface area (Å²) in [4.78, 5) is 42.2. The Bertz CT molecular complexity index is 921. The van der Waals surface area contributed by atoms with E-state index in [9.17, 15) is 19.5 Å². The fourth-order valence-electron chi connectivity index (χ4n) is 4.97. The molecule has 3 unspecified atom stereocenters. The highest BCUT2D eigenvalue weighted by molar-refractivity contribution is 5.92. The van der Waals surface area contributed by atoms with E-state index in [4.69, 9.17) is 4.74 Å². The van der Waals surface area contributed by atoms with E-state index in [2.05, 4.69) is 24.5 Å². The van der Waals surface area contributed by atoms with Gasteiger partial charge in [0.2, 0.25) is 11.8 Å². The maximum atomic E-state index is 14.1. The Balaban J connectivity index is 2.49. The number of nitrogens with one attached hydrogen (secondary N) is 2. The van der Waals surface area contributed by atoms with Gasteiger partial charge in [0, 0.05) is 12.1 Å². The first-order valence-corrected chi connectivity index (χ1v) is 14.1. The molecule has 0 saturated heterocycles. The number of hydrogen-bond acceptors (Lipinski definition) is 5. The van der Waals surface area contributed by atoms with Crippen LogP contribution in [0.15, 0.2) is 24.3 Å². The van der Waals surface area contributed by atoms with E-state index < -0.39 is 36.3 Å². The van der Waals surface area contributed by atoms with Crippen LogP contribution in [0.1, 0.15) is 104 Å². The smallest absolute Gasteiger partial charge is 0.408 e. The molecule has 2 rings (SSSR count). The van der Waals surface area contributed by atoms with Gasteiger partial charge in [-0.2, -0.15) is 0 Å². The Morgan fingerprint density at radius 2 is 1.68 bits per heavy atom. The molecule has 0 bridgehead atoms. The Morgan fingerprint density at radius 3 is 2.24 bits per heavy atom. The molecule has 0 heterocycles. The third-order valence-corrected chi connectivity index (χ3v) is 7.02. The van der Waals surface area contributed by atoms with E-state index in [0.29, 0.717) is 12.3 Å². The lowest BCUT2D eigenvalue weighted by molar-refractivity contribution is -0.146. The van der Waals surface area contributed by atoms with E-state index in [1.165, 1.54) is 6.42 Å². The highest BCUT2D eigenvalue weighted by atomic mass is 16.6. The predicted molar refractivity (Wildman–Crippen MR) is 150 cm³/mol. The average Bonchev–Trinajstić information content (AvgIpc) is 2.84. The first kappa shape index (κ1) is 31.6. The van der Waals surface area contributed by atoms with Gasteiger partial charge in [-0.05, 0) is 77.3 Å². The summed E-state index contributed by atoms with van der Waals surface area (Å²) >= 11 is 0. The third-order valence-electron chi connectivity index (χ3n) is 7.02. The molecule has 38 heavy (non-hydrogen) atoms. The number of aryl methyl sites for hydroxylation is 1. The minimum absolute atomic E-state index is 0.0687. The third kappa shape index (κ3) is 9.61. The highest BCUT2D eigenvalue weighted by Crippen LogP contribution is 2.30. The molecule has 8 nitrogen and oxygen atoms in total. The summed E-state index contributed by atoms with van der Waals surface area (Å²) in [5, 5.41) is 15.9. The number of aliphatic hydroxyl groups excluding tert-OH is 1. The molecule has 1 saturated carbocycles. The van der Waals surface area contributed by atoms with Crippen LogP contribution in [0.2, 0.25) is 0 Å². The molecule has 214 valence electrons. The van der Waals surface area contributed by atoms with Gasteiger partial charge in [0.05, 0.1) is 6.61 Å². The number of alkyl carbamates (subject to hydrolysis) is 1. The van der Waals surface area contributed by atoms with Gasteiger partial charge in [0.15, 0.2) is 0 Å². The molecule has 3 atom stereocenters. The molecular formula is C30H49N3O5. The Labute approximate surface area is 228 Å². The summed E-state index contributed by atoms with van der Waals surface area (Å²) in [6.45, 7) is 12.7. The maximum absolute atomic E-state index is 14.1. The fourth-order valence-corrected chi connectivity index (χ4v) is 4.97. The van der Waals surface area contributed by atoms with E-state index in [-0.39, 0.29) is 18.0 Å². The Kier molecular flexibility index (Phi) is 12.1. The lowest BCUT2D eigenvalue weighted by Crippen LogP contribution is -2.57. The summed E-state index contributed by atoms with van der Waals surface area (Å²) in [5.41, 5.74) is 0.867. The Morgan fingerprint density at radius 1 is 1.05 bits per heavy atom. The first-order chi connectivity index (χ1) is 17.8. The van der Waals surface area contributed by atoms with Crippen LogP contribution in [0.5, 0.6) is 0 Å². The second-order valence-corrected chi connectivity index (χ2v) is 12.0. The number of carbonyl (C=O) groups is 3. The maximum Gasteiger partial charge on any atom is 0.408 e. The van der Waals surface area contributed by atoms with Crippen molar-refractivity contribution in [3.05, 3.63) is 35.4 Å². The molecule has 1 aliphatic carbocycles. The lowest BCUT2D eigenvalue weighted by Gasteiger charge is -2.39. The Hall–Kier alpha value is -2.61. The van der Waals surface area contributed by atoms with Gasteiger partial charge in [-0.3, -0.25) is 9.59 Å². The fraction of sp³-hybridized carbons (Fsp3) is 0.700. The quantitative estimate of drug-likeness (QED) is 0.371. The summed E-state index contributed by atoms with van der Waals surface area (Å²) in [5.74, 6) is -0.331. The molecule has 0 radical (unpaired) electrons. The highest BCUT2D eigenvalue weighted by Gasteiger charge is 2.39. The van der Waals surface area contributed by atoms with Crippen LogP contribution in [-0.4, -0.2) is 58.2 Å². The second-order valence-electron chi connectivity index (χ2n) is 12.0. The van der Waals surface area contributed by atoms with Crippen LogP contribution in [0.4, 0.5) is 4.79 Å². The zero-order valence-electron chi connectivity index (χ0n) is 24.4. The molecule has 0 spiro atoms. The number of hydrogen-bond donors (Lipinski definition) is 3. The van der Waals surface area contributed by atoms with E-state index in [0.717, 1.165) is 43.2 Å². The normalized spacial score (nSPS) is 16.9. The van der Waals surface area contributed by atoms with Crippen molar-refractivity contribution in [2.45, 2.75) is 123 Å². The first-order valence-electron chi connectivity index (χ1n) is 14.1. The molecule has 1 aromatic carbocycles. The van der Waals surface area contributed by atoms with Crippen molar-refractivity contribution in [1.29, 1.82) is 0 Å². The second kappa shape index (κ2) is 14.5. The van der Waals surface area contributed by atoms with E-state index in [1.54, 1.807) is 25.7 Å². The molecular weight excluding hydrogens is 482 g/mol. The van der Waals surface area contributed by atoms with Crippen LogP contribution < -0.4 is 10.6 Å². The minimum atomic E-state index is -1.25. The molecule has 8 heteroatoms. The summed E-state index contributed by atoms with van der Waals surface area (Å²) in [6.07, 6.45) is 5.88. The molecule has 1 aromatic rings. The van der Waals surface area contributed by atoms with Crippen molar-refractivity contribution in [3.8, 4) is 0 Å². The van der Waals surface area contributed by atoms with Gasteiger partial charge in [-0.15, -0.1) is 0 Å². The zero-order chi connectivity index (χ0) is 28.5. The van der Waals surface area contributed by atoms with Crippen LogP contribution in [0, 0.1) is 12.8 Å². The number of carbonyl (C=O) groups excluding carboxylic acids is 3. The number of ether oxygens (including phenoxy) is 1. The van der Waals surface area contributed by atoms with Crippen LogP contribution in [-0.2, 0) is 14.3 Å². The van der Waals surface area contributed by atoms with Crippen LogP contribution in [0.3, 0.4) is 0 Å². The zero-order valence-corrected chi connectivity index (χ0v) is 24.4. The summed E-state index contributed by atoms with van der Waals surface area (Å²) in [6, 6.07) is 5.19. The van der Waals surface area contributed by atoms with Crippen molar-refractivity contribution in [1.82, 2.24) is 15.5 Å². The lowest BCUT2D eigenvalue weighted by atomic mass is 9.92. The average molecular weight is 532 g/mol. The number of nitrogens with zero attached hydrogens (tertiary/aromatic N) is 1. The van der Waals surface area contributed by atoms with Crippen molar-refractivity contribution in [2.75, 3.05) is 6.61 Å². The number of rotatable bonds is 11. The topological polar surface area (TPSA) is 108 Å². The number of amides is 3. The van der Waals surface area contributed by atoms with E-state index >= 15 is 0 Å². The summed E-state index contributed by atoms with van der Waals surface area (Å²) < 4.78 is 5.34. The molecule has 3 N–H and O–H groups in total. The summed E-state index contributed by atoms with van der Waals surface area (Å²) in [7, 11) is 0. The largest absolute Gasteiger partial charge is 0.444 e. The predicted octanol–water partition coefficient (Wildman–Crippen LogP) is 5.02. The van der Waals surface area contributed by atoms with Gasteiger partial charge >= 0.3 is 6.09 Å². The van der Waals surface area contributed by atoms with Crippen molar-refractivity contribution in [2.24, 2.45) is 5.92 Å². The molecule has 3 amide bonds. The minimum Gasteiger partial charge on any atom is -0.444 e. The standard InChI is InChI=1S/C30H49N3O5/c1-20(2)17-18-22(4)33(28(36)25(19-34)32-29(37)38-30(5,6)7)26(24-16-12-11-13-21(24)3)27(35)31-23-14-9-8-10-15-23/h11-13,16,20,22-23,25-26,34H,8-10,14-15,17-19H2,1-7H3,(H,31,35)(H,32,37). The van der Waals surface area contributed by atoms with Crippen LogP contribution >= 0.6 is 0 Å². The molecule has 0 aromatic heterocycles. The van der Waals surface area contributed by atoms with Crippen LogP contribution in [0.25, 0.3) is 0 Å². The van der Waals surface area contributed by atoms with Gasteiger partial charge in [-0.25, -0.2) is 4.79 Å². The number of benzene rings is 1. The van der Waals surface area contributed by atoms with Crippen molar-refractivity contribution >= 4 is 17.9 Å². The van der Waals surface area contributed by atoms with Gasteiger partial charge < -0.3 is 25.4 Å². The SMILES string of the molecule is Cc1ccccc1C(C(=O)NC1CCCCC1)N(C(=O)C(CO)NC(=O)OC(C)(C)C)C(C)CCC(C)C. The van der Waals surface area contributed by atoms with Gasteiger partial charge in [0.1, 0.15) is 17.7 Å². The molecule has 1 fully saturated rings. The molecule has 1 aliphatic rings. The van der Waals surface area contributed by atoms with E-state index in [1.807, 2.05) is 38.1 Å². The van der Waals surface area contributed by atoms with Gasteiger partial charge in [0.25, 0.3) is 0 Å². The molecule has 0 aliphatic heterocycles.